The molecule has 2 aliphatic rings. The maximum Gasteiger partial charge on any atom is 0.256 e. The number of aromatic nitrogens is 4. The van der Waals surface area contributed by atoms with Crippen LogP contribution in [-0.2, 0) is 0 Å². The fourth-order valence-corrected chi connectivity index (χ4v) is 3.99. The van der Waals surface area contributed by atoms with Gasteiger partial charge in [0.25, 0.3) is 5.78 Å². The molecule has 0 amide bonds. The Kier molecular flexibility index (Phi) is 5.16. The second-order valence-corrected chi connectivity index (χ2v) is 7.76. The minimum absolute atomic E-state index is 0.408. The molecule has 4 heterocycles. The molecule has 1 unspecified atom stereocenters. The van der Waals surface area contributed by atoms with Crippen molar-refractivity contribution in [2.24, 2.45) is 0 Å². The predicted octanol–water partition coefficient (Wildman–Crippen LogP) is 2.18. The first-order valence-electron chi connectivity index (χ1n) is 10.4. The highest BCUT2D eigenvalue weighted by Gasteiger charge is 2.35. The van der Waals surface area contributed by atoms with Crippen LogP contribution in [0.5, 0.6) is 0 Å². The Bertz CT molecular complexity index is 1100. The topological polar surface area (TPSA) is 101 Å². The number of nitrogens with one attached hydrogen (secondary N) is 1. The van der Waals surface area contributed by atoms with E-state index in [9.17, 15) is 0 Å². The van der Waals surface area contributed by atoms with Gasteiger partial charge in [-0.25, -0.2) is 4.39 Å². The first kappa shape index (κ1) is 19.7. The lowest BCUT2D eigenvalue weighted by molar-refractivity contribution is -0.0223. The van der Waals surface area contributed by atoms with Gasteiger partial charge in [0.15, 0.2) is 11.6 Å². The second-order valence-electron chi connectivity index (χ2n) is 7.76. The maximum absolute atomic E-state index is 15.0. The van der Waals surface area contributed by atoms with E-state index in [1.807, 2.05) is 17.1 Å². The van der Waals surface area contributed by atoms with Crippen molar-refractivity contribution in [3.8, 4) is 11.6 Å². The van der Waals surface area contributed by atoms with Gasteiger partial charge in [0.2, 0.25) is 5.82 Å². The van der Waals surface area contributed by atoms with Crippen LogP contribution in [0.4, 0.5) is 16.0 Å². The summed E-state index contributed by atoms with van der Waals surface area (Å²) >= 11 is 0. The van der Waals surface area contributed by atoms with Gasteiger partial charge in [-0.2, -0.15) is 14.5 Å². The average molecular weight is 424 g/mol. The molecule has 1 aliphatic carbocycles. The lowest BCUT2D eigenvalue weighted by atomic mass is 10.0. The van der Waals surface area contributed by atoms with Crippen molar-refractivity contribution >= 4 is 17.4 Å². The molecule has 3 aromatic heterocycles. The van der Waals surface area contributed by atoms with Gasteiger partial charge in [0.05, 0.1) is 6.26 Å². The van der Waals surface area contributed by atoms with Crippen LogP contribution in [-0.4, -0.2) is 74.4 Å². The number of allylic oxidation sites excluding steroid dienone is 2. The third kappa shape index (κ3) is 4.04. The number of alkyl halides is 1. The van der Waals surface area contributed by atoms with Crippen molar-refractivity contribution in [2.75, 3.05) is 50.3 Å². The van der Waals surface area contributed by atoms with Gasteiger partial charge >= 0.3 is 0 Å². The number of hydrogen-bond acceptors (Lipinski definition) is 8. The minimum atomic E-state index is -1.34. The molecule has 3 N–H and O–H groups in total. The van der Waals surface area contributed by atoms with E-state index >= 15 is 4.39 Å². The number of nitrogens with zero attached hydrogens (tertiary/aromatic N) is 6. The minimum Gasteiger partial charge on any atom is -0.461 e. The van der Waals surface area contributed by atoms with E-state index in [4.69, 9.17) is 10.2 Å². The summed E-state index contributed by atoms with van der Waals surface area (Å²) in [5.74, 6) is 1.15. The van der Waals surface area contributed by atoms with Crippen LogP contribution in [0.1, 0.15) is 6.42 Å². The van der Waals surface area contributed by atoms with Crippen molar-refractivity contribution in [1.29, 1.82) is 0 Å². The predicted molar refractivity (Wildman–Crippen MR) is 116 cm³/mol. The second kappa shape index (κ2) is 8.12. The third-order valence-corrected chi connectivity index (χ3v) is 5.72. The zero-order chi connectivity index (χ0) is 21.3. The molecule has 10 heteroatoms. The van der Waals surface area contributed by atoms with E-state index in [-0.39, 0.29) is 0 Å². The SMILES string of the molecule is Nc1cc(NCCN2CCN(C3(F)C=CC=CC3)CC2)nc2nc(-c3ccco3)nn12. The first-order chi connectivity index (χ1) is 15.1. The highest BCUT2D eigenvalue weighted by atomic mass is 19.1. The van der Waals surface area contributed by atoms with E-state index in [1.54, 1.807) is 36.6 Å². The summed E-state index contributed by atoms with van der Waals surface area (Å²) in [6.07, 6.45) is 9.24. The molecular weight excluding hydrogens is 399 g/mol. The Labute approximate surface area is 179 Å². The Morgan fingerprint density at radius 2 is 2.06 bits per heavy atom. The summed E-state index contributed by atoms with van der Waals surface area (Å²) in [5, 5.41) is 7.65. The highest BCUT2D eigenvalue weighted by Crippen LogP contribution is 2.28. The van der Waals surface area contributed by atoms with Gasteiger partial charge in [0.1, 0.15) is 11.6 Å². The van der Waals surface area contributed by atoms with Gasteiger partial charge in [-0.1, -0.05) is 18.2 Å². The third-order valence-electron chi connectivity index (χ3n) is 5.72. The van der Waals surface area contributed by atoms with E-state index in [0.717, 1.165) is 19.6 Å². The number of hydrogen-bond donors (Lipinski definition) is 2. The molecule has 162 valence electrons. The van der Waals surface area contributed by atoms with Crippen LogP contribution >= 0.6 is 0 Å². The monoisotopic (exact) mass is 424 g/mol. The van der Waals surface area contributed by atoms with Gasteiger partial charge in [-0.05, 0) is 18.2 Å². The molecule has 5 rings (SSSR count). The van der Waals surface area contributed by atoms with E-state index in [1.165, 1.54) is 4.52 Å². The van der Waals surface area contributed by atoms with Crippen LogP contribution < -0.4 is 11.1 Å². The number of fused-ring (bicyclic) bond motifs is 1. The van der Waals surface area contributed by atoms with Crippen LogP contribution in [0.2, 0.25) is 0 Å². The molecule has 0 radical (unpaired) electrons. The largest absolute Gasteiger partial charge is 0.461 e. The molecule has 1 aliphatic heterocycles. The molecular formula is C21H25FN8O. The van der Waals surface area contributed by atoms with Gasteiger partial charge < -0.3 is 15.5 Å². The van der Waals surface area contributed by atoms with E-state index in [0.29, 0.717) is 55.1 Å². The Hall–Kier alpha value is -3.24. The Morgan fingerprint density at radius 3 is 2.81 bits per heavy atom. The molecule has 0 bridgehead atoms. The molecule has 3 aromatic rings. The zero-order valence-corrected chi connectivity index (χ0v) is 17.1. The van der Waals surface area contributed by atoms with Gasteiger partial charge in [-0.15, -0.1) is 5.10 Å². The number of furan rings is 1. The lowest BCUT2D eigenvalue weighted by Crippen LogP contribution is -2.55. The number of piperazine rings is 1. The van der Waals surface area contributed by atoms with Gasteiger partial charge in [-0.3, -0.25) is 9.80 Å². The fourth-order valence-electron chi connectivity index (χ4n) is 3.99. The maximum atomic E-state index is 15.0. The molecule has 31 heavy (non-hydrogen) atoms. The molecule has 1 atom stereocenters. The summed E-state index contributed by atoms with van der Waals surface area (Å²) in [6.45, 7) is 4.61. The molecule has 0 saturated carbocycles. The van der Waals surface area contributed by atoms with E-state index in [2.05, 4.69) is 25.3 Å². The number of nitrogens with two attached hydrogens (primary N) is 1. The smallest absolute Gasteiger partial charge is 0.256 e. The average Bonchev–Trinajstić information content (AvgIpc) is 3.45. The highest BCUT2D eigenvalue weighted by molar-refractivity contribution is 5.56. The summed E-state index contributed by atoms with van der Waals surface area (Å²) in [4.78, 5) is 13.1. The van der Waals surface area contributed by atoms with Crippen molar-refractivity contribution < 1.29 is 8.81 Å². The normalized spacial score (nSPS) is 22.4. The molecule has 9 nitrogen and oxygen atoms in total. The van der Waals surface area contributed by atoms with Crippen molar-refractivity contribution in [1.82, 2.24) is 29.4 Å². The molecule has 0 spiro atoms. The zero-order valence-electron chi connectivity index (χ0n) is 17.1. The summed E-state index contributed by atoms with van der Waals surface area (Å²) in [5.41, 5.74) is 6.12. The van der Waals surface area contributed by atoms with Crippen molar-refractivity contribution in [3.05, 3.63) is 48.8 Å². The number of nitrogen functional groups attached to an aromatic ring is 1. The van der Waals surface area contributed by atoms with Crippen LogP contribution in [0.15, 0.2) is 53.2 Å². The summed E-state index contributed by atoms with van der Waals surface area (Å²) in [6, 6.07) is 5.30. The quantitative estimate of drug-likeness (QED) is 0.581. The van der Waals surface area contributed by atoms with E-state index < -0.39 is 5.79 Å². The fraction of sp³-hybridized carbons (Fsp3) is 0.381. The summed E-state index contributed by atoms with van der Waals surface area (Å²) in [7, 11) is 0. The van der Waals surface area contributed by atoms with Crippen molar-refractivity contribution in [2.45, 2.75) is 12.2 Å². The number of halogens is 1. The Morgan fingerprint density at radius 1 is 1.19 bits per heavy atom. The van der Waals surface area contributed by atoms with Crippen LogP contribution in [0.3, 0.4) is 0 Å². The molecule has 0 aromatic carbocycles. The standard InChI is InChI=1S/C21H25FN8O/c22-21(6-2-1-3-7-21)29-12-10-28(11-13-29)9-8-24-18-15-17(23)30-20(25-18)26-19(27-30)16-5-4-14-31-16/h1-6,14-15H,7-13,23H2,(H,24,25,26,27). The van der Waals surface area contributed by atoms with Crippen LogP contribution in [0, 0.1) is 0 Å². The summed E-state index contributed by atoms with van der Waals surface area (Å²) < 4.78 is 21.9. The first-order valence-corrected chi connectivity index (χ1v) is 10.4. The number of rotatable bonds is 6. The lowest BCUT2D eigenvalue weighted by Gasteiger charge is -2.42. The van der Waals surface area contributed by atoms with Crippen molar-refractivity contribution in [3.63, 3.8) is 0 Å². The molecule has 1 saturated heterocycles. The van der Waals surface area contributed by atoms with Gasteiger partial charge in [0, 0.05) is 51.8 Å². The van der Waals surface area contributed by atoms with Crippen LogP contribution in [0.25, 0.3) is 17.4 Å². The Balaban J connectivity index is 1.16. The molecule has 1 fully saturated rings. The number of anilines is 2.